The Balaban J connectivity index is 1.63. The van der Waals surface area contributed by atoms with Crippen LogP contribution in [0.1, 0.15) is 31.7 Å². The number of nitrogens with zero attached hydrogens (tertiary/aromatic N) is 2. The van der Waals surface area contributed by atoms with Crippen molar-refractivity contribution in [3.05, 3.63) is 42.0 Å². The molecule has 0 radical (unpaired) electrons. The van der Waals surface area contributed by atoms with Crippen molar-refractivity contribution in [3.63, 3.8) is 0 Å². The molecule has 0 atom stereocenters. The van der Waals surface area contributed by atoms with Crippen LogP contribution in [0.15, 0.2) is 36.4 Å². The van der Waals surface area contributed by atoms with Crippen LogP contribution in [-0.4, -0.2) is 49.1 Å². The van der Waals surface area contributed by atoms with E-state index in [-0.39, 0.29) is 0 Å². The monoisotopic (exact) mass is 272 g/mol. The number of hydrogen-bond acceptors (Lipinski definition) is 2. The standard InChI is InChI=1S/C18H28N2/c1-2-3-7-12-19-14-16-20(17-15-19)13-8-11-18-9-5-4-6-10-18/h4-6,8-11H,2-3,7,12-17H2,1H3. The molecule has 0 aliphatic carbocycles. The van der Waals surface area contributed by atoms with Gasteiger partial charge in [-0.15, -0.1) is 0 Å². The molecule has 2 heteroatoms. The van der Waals surface area contributed by atoms with Gasteiger partial charge in [0.1, 0.15) is 0 Å². The van der Waals surface area contributed by atoms with Crippen LogP contribution < -0.4 is 0 Å². The van der Waals surface area contributed by atoms with Gasteiger partial charge in [-0.1, -0.05) is 62.2 Å². The molecule has 0 spiro atoms. The van der Waals surface area contributed by atoms with E-state index in [1.165, 1.54) is 57.5 Å². The summed E-state index contributed by atoms with van der Waals surface area (Å²) in [5, 5.41) is 0. The van der Waals surface area contributed by atoms with Crippen molar-refractivity contribution < 1.29 is 0 Å². The smallest absolute Gasteiger partial charge is 0.0167 e. The zero-order valence-corrected chi connectivity index (χ0v) is 12.8. The second kappa shape index (κ2) is 8.93. The van der Waals surface area contributed by atoms with Gasteiger partial charge >= 0.3 is 0 Å². The van der Waals surface area contributed by atoms with E-state index in [1.54, 1.807) is 0 Å². The molecule has 1 aliphatic rings. The Morgan fingerprint density at radius 2 is 1.65 bits per heavy atom. The van der Waals surface area contributed by atoms with Gasteiger partial charge in [-0.2, -0.15) is 0 Å². The summed E-state index contributed by atoms with van der Waals surface area (Å²) in [5.74, 6) is 0. The average molecular weight is 272 g/mol. The van der Waals surface area contributed by atoms with E-state index >= 15 is 0 Å². The first-order valence-electron chi connectivity index (χ1n) is 8.05. The van der Waals surface area contributed by atoms with E-state index in [4.69, 9.17) is 0 Å². The summed E-state index contributed by atoms with van der Waals surface area (Å²) in [6, 6.07) is 10.6. The summed E-state index contributed by atoms with van der Waals surface area (Å²) in [6.45, 7) is 9.55. The Morgan fingerprint density at radius 3 is 2.35 bits per heavy atom. The third-order valence-electron chi connectivity index (χ3n) is 4.02. The topological polar surface area (TPSA) is 6.48 Å². The van der Waals surface area contributed by atoms with Gasteiger partial charge in [0.25, 0.3) is 0 Å². The molecule has 2 rings (SSSR count). The Bertz CT molecular complexity index is 378. The predicted octanol–water partition coefficient (Wildman–Crippen LogP) is 3.51. The second-order valence-corrected chi connectivity index (χ2v) is 5.66. The molecule has 0 amide bonds. The molecule has 0 unspecified atom stereocenters. The fourth-order valence-corrected chi connectivity index (χ4v) is 2.68. The highest BCUT2D eigenvalue weighted by Gasteiger charge is 2.14. The van der Waals surface area contributed by atoms with E-state index in [9.17, 15) is 0 Å². The van der Waals surface area contributed by atoms with E-state index < -0.39 is 0 Å². The van der Waals surface area contributed by atoms with E-state index in [0.29, 0.717) is 0 Å². The summed E-state index contributed by atoms with van der Waals surface area (Å²) in [6.07, 6.45) is 8.59. The third kappa shape index (κ3) is 5.48. The molecule has 0 aromatic heterocycles. The first-order chi connectivity index (χ1) is 9.88. The minimum Gasteiger partial charge on any atom is -0.301 e. The van der Waals surface area contributed by atoms with Crippen molar-refractivity contribution in [2.45, 2.75) is 26.2 Å². The van der Waals surface area contributed by atoms with Gasteiger partial charge in [-0.05, 0) is 18.5 Å². The molecule has 0 bridgehead atoms. The van der Waals surface area contributed by atoms with E-state index in [0.717, 1.165) is 6.54 Å². The molecule has 0 saturated carbocycles. The largest absolute Gasteiger partial charge is 0.301 e. The van der Waals surface area contributed by atoms with E-state index in [1.807, 2.05) is 0 Å². The summed E-state index contributed by atoms with van der Waals surface area (Å²) in [7, 11) is 0. The lowest BCUT2D eigenvalue weighted by Gasteiger charge is -2.34. The SMILES string of the molecule is CCCCCN1CCN(CC=Cc2ccccc2)CC1. The van der Waals surface area contributed by atoms with Gasteiger partial charge in [-0.25, -0.2) is 0 Å². The highest BCUT2D eigenvalue weighted by molar-refractivity contribution is 5.48. The number of benzene rings is 1. The van der Waals surface area contributed by atoms with Crippen LogP contribution in [0.2, 0.25) is 0 Å². The van der Waals surface area contributed by atoms with Gasteiger partial charge in [0.05, 0.1) is 0 Å². The lowest BCUT2D eigenvalue weighted by molar-refractivity contribution is 0.141. The number of piperazine rings is 1. The van der Waals surface area contributed by atoms with Crippen LogP contribution in [0.3, 0.4) is 0 Å². The average Bonchev–Trinajstić information content (AvgIpc) is 2.50. The van der Waals surface area contributed by atoms with Crippen LogP contribution in [-0.2, 0) is 0 Å². The van der Waals surface area contributed by atoms with Crippen molar-refractivity contribution >= 4 is 6.08 Å². The highest BCUT2D eigenvalue weighted by Crippen LogP contribution is 2.06. The number of rotatable bonds is 7. The van der Waals surface area contributed by atoms with Crippen molar-refractivity contribution in [2.24, 2.45) is 0 Å². The Kier molecular flexibility index (Phi) is 6.82. The minimum atomic E-state index is 1.08. The first kappa shape index (κ1) is 15.3. The molecule has 1 aromatic rings. The third-order valence-corrected chi connectivity index (χ3v) is 4.02. The van der Waals surface area contributed by atoms with Crippen LogP contribution >= 0.6 is 0 Å². The molecular weight excluding hydrogens is 244 g/mol. The van der Waals surface area contributed by atoms with Gasteiger partial charge in [0.15, 0.2) is 0 Å². The van der Waals surface area contributed by atoms with Crippen molar-refractivity contribution in [3.8, 4) is 0 Å². The van der Waals surface area contributed by atoms with Gasteiger partial charge in [0, 0.05) is 32.7 Å². The molecule has 110 valence electrons. The fraction of sp³-hybridized carbons (Fsp3) is 0.556. The summed E-state index contributed by atoms with van der Waals surface area (Å²) < 4.78 is 0. The maximum atomic E-state index is 2.62. The molecule has 1 aromatic carbocycles. The van der Waals surface area contributed by atoms with Gasteiger partial charge in [-0.3, -0.25) is 4.90 Å². The van der Waals surface area contributed by atoms with Crippen LogP contribution in [0.25, 0.3) is 6.08 Å². The molecular formula is C18H28N2. The zero-order valence-electron chi connectivity index (χ0n) is 12.8. The predicted molar refractivity (Wildman–Crippen MR) is 87.9 cm³/mol. The Hall–Kier alpha value is -1.12. The maximum Gasteiger partial charge on any atom is 0.0167 e. The second-order valence-electron chi connectivity index (χ2n) is 5.66. The van der Waals surface area contributed by atoms with Crippen LogP contribution in [0.4, 0.5) is 0 Å². The molecule has 1 saturated heterocycles. The first-order valence-corrected chi connectivity index (χ1v) is 8.05. The lowest BCUT2D eigenvalue weighted by atomic mass is 10.2. The Morgan fingerprint density at radius 1 is 0.950 bits per heavy atom. The van der Waals surface area contributed by atoms with E-state index in [2.05, 4.69) is 59.2 Å². The van der Waals surface area contributed by atoms with Crippen LogP contribution in [0, 0.1) is 0 Å². The maximum absolute atomic E-state index is 2.62. The fourth-order valence-electron chi connectivity index (χ4n) is 2.68. The Labute approximate surface area is 124 Å². The van der Waals surface area contributed by atoms with Gasteiger partial charge < -0.3 is 4.90 Å². The van der Waals surface area contributed by atoms with Crippen molar-refractivity contribution in [1.82, 2.24) is 9.80 Å². The van der Waals surface area contributed by atoms with Gasteiger partial charge in [0.2, 0.25) is 0 Å². The van der Waals surface area contributed by atoms with Crippen molar-refractivity contribution in [1.29, 1.82) is 0 Å². The quantitative estimate of drug-likeness (QED) is 0.701. The molecule has 20 heavy (non-hydrogen) atoms. The molecule has 1 fully saturated rings. The summed E-state index contributed by atoms with van der Waals surface area (Å²) in [4.78, 5) is 5.17. The number of unbranched alkanes of at least 4 members (excludes halogenated alkanes) is 2. The van der Waals surface area contributed by atoms with Crippen LogP contribution in [0.5, 0.6) is 0 Å². The zero-order chi connectivity index (χ0) is 14.0. The summed E-state index contributed by atoms with van der Waals surface area (Å²) in [5.41, 5.74) is 1.30. The van der Waals surface area contributed by atoms with Crippen molar-refractivity contribution in [2.75, 3.05) is 39.3 Å². The normalized spacial score (nSPS) is 17.9. The molecule has 1 heterocycles. The minimum absolute atomic E-state index is 1.08. The summed E-state index contributed by atoms with van der Waals surface area (Å²) >= 11 is 0. The molecule has 1 aliphatic heterocycles. The molecule has 2 nitrogen and oxygen atoms in total. The number of hydrogen-bond donors (Lipinski definition) is 0. The molecule has 0 N–H and O–H groups in total. The highest BCUT2D eigenvalue weighted by atomic mass is 15.3. The lowest BCUT2D eigenvalue weighted by Crippen LogP contribution is -2.46.